The Bertz CT molecular complexity index is 519. The Morgan fingerprint density at radius 2 is 2.06 bits per heavy atom. The molecule has 1 atom stereocenters. The lowest BCUT2D eigenvalue weighted by Gasteiger charge is -2.16. The smallest absolute Gasteiger partial charge is 0.164 e. The van der Waals surface area contributed by atoms with E-state index in [0.717, 1.165) is 9.13 Å². The van der Waals surface area contributed by atoms with E-state index in [1.807, 2.05) is 37.3 Å². The van der Waals surface area contributed by atoms with Crippen LogP contribution in [0.2, 0.25) is 0 Å². The number of nitrogen functional groups attached to an aromatic ring is 1. The van der Waals surface area contributed by atoms with E-state index in [0.29, 0.717) is 18.2 Å². The Morgan fingerprint density at radius 1 is 1.33 bits per heavy atom. The number of hydrogen-bond acceptors (Lipinski definition) is 4. The van der Waals surface area contributed by atoms with Crippen LogP contribution < -0.4 is 5.73 Å². The van der Waals surface area contributed by atoms with E-state index in [1.54, 1.807) is 6.20 Å². The van der Waals surface area contributed by atoms with Crippen LogP contribution in [0.4, 0.5) is 5.82 Å². The van der Waals surface area contributed by atoms with Gasteiger partial charge in [-0.3, -0.25) is 0 Å². The normalized spacial score (nSPS) is 12.3. The summed E-state index contributed by atoms with van der Waals surface area (Å²) in [5.74, 6) is 1.09. The van der Waals surface area contributed by atoms with E-state index in [4.69, 9.17) is 10.5 Å². The molecule has 2 N–H and O–H groups in total. The Balaban J connectivity index is 2.38. The van der Waals surface area contributed by atoms with E-state index >= 15 is 0 Å². The van der Waals surface area contributed by atoms with Gasteiger partial charge in [0.25, 0.3) is 0 Å². The molecule has 0 fully saturated rings. The molecule has 94 valence electrons. The van der Waals surface area contributed by atoms with Crippen LogP contribution in [0.15, 0.2) is 36.5 Å². The Kier molecular flexibility index (Phi) is 4.48. The average molecular weight is 355 g/mol. The number of nitrogens with two attached hydrogens (primary N) is 1. The number of nitrogens with zero attached hydrogens (tertiary/aromatic N) is 2. The van der Waals surface area contributed by atoms with Gasteiger partial charge in [-0.1, -0.05) is 30.3 Å². The number of ether oxygens (including phenoxy) is 1. The first-order chi connectivity index (χ1) is 8.72. The molecular weight excluding hydrogens is 341 g/mol. The van der Waals surface area contributed by atoms with Crippen LogP contribution >= 0.6 is 22.6 Å². The van der Waals surface area contributed by atoms with Gasteiger partial charge in [0.2, 0.25) is 0 Å². The highest BCUT2D eigenvalue weighted by Gasteiger charge is 2.17. The number of halogens is 1. The van der Waals surface area contributed by atoms with Crippen molar-refractivity contribution in [1.82, 2.24) is 9.97 Å². The zero-order chi connectivity index (χ0) is 13.0. The van der Waals surface area contributed by atoms with Crippen molar-refractivity contribution in [2.45, 2.75) is 13.0 Å². The van der Waals surface area contributed by atoms with Gasteiger partial charge in [0.1, 0.15) is 11.9 Å². The molecule has 1 aromatic heterocycles. The summed E-state index contributed by atoms with van der Waals surface area (Å²) in [5.41, 5.74) is 6.85. The predicted molar refractivity (Wildman–Crippen MR) is 79.1 cm³/mol. The molecule has 18 heavy (non-hydrogen) atoms. The quantitative estimate of drug-likeness (QED) is 0.857. The first-order valence-electron chi connectivity index (χ1n) is 5.66. The van der Waals surface area contributed by atoms with Gasteiger partial charge in [-0.15, -0.1) is 0 Å². The van der Waals surface area contributed by atoms with Gasteiger partial charge >= 0.3 is 0 Å². The average Bonchev–Trinajstić information content (AvgIpc) is 2.40. The van der Waals surface area contributed by atoms with E-state index < -0.39 is 0 Å². The van der Waals surface area contributed by atoms with Crippen LogP contribution in [-0.2, 0) is 4.74 Å². The van der Waals surface area contributed by atoms with Gasteiger partial charge in [-0.05, 0) is 35.1 Å². The van der Waals surface area contributed by atoms with E-state index in [2.05, 4.69) is 32.6 Å². The topological polar surface area (TPSA) is 61.0 Å². The van der Waals surface area contributed by atoms with Crippen molar-refractivity contribution in [3.63, 3.8) is 0 Å². The third kappa shape index (κ3) is 2.97. The maximum absolute atomic E-state index is 5.82. The second-order valence-corrected chi connectivity index (χ2v) is 4.87. The fourth-order valence-corrected chi connectivity index (χ4v) is 1.90. The summed E-state index contributed by atoms with van der Waals surface area (Å²) < 4.78 is 6.57. The first kappa shape index (κ1) is 13.2. The molecule has 1 aromatic carbocycles. The van der Waals surface area contributed by atoms with Crippen LogP contribution in [-0.4, -0.2) is 16.6 Å². The number of benzene rings is 1. The zero-order valence-corrected chi connectivity index (χ0v) is 12.2. The minimum atomic E-state index is -0.268. The highest BCUT2D eigenvalue weighted by Crippen LogP contribution is 2.24. The molecule has 1 heterocycles. The minimum Gasteiger partial charge on any atom is -0.383 e. The molecule has 1 unspecified atom stereocenters. The van der Waals surface area contributed by atoms with Gasteiger partial charge in [-0.2, -0.15) is 0 Å². The van der Waals surface area contributed by atoms with Crippen molar-refractivity contribution in [2.24, 2.45) is 0 Å². The van der Waals surface area contributed by atoms with Gasteiger partial charge < -0.3 is 10.5 Å². The molecule has 0 amide bonds. The van der Waals surface area contributed by atoms with Gasteiger partial charge in [-0.25, -0.2) is 9.97 Å². The Labute approximate surface area is 120 Å². The number of hydrogen-bond donors (Lipinski definition) is 1. The van der Waals surface area contributed by atoms with Crippen LogP contribution in [0.25, 0.3) is 0 Å². The SMILES string of the molecule is CCOC(c1ccccc1)c1ncc(I)c(N)n1. The summed E-state index contributed by atoms with van der Waals surface area (Å²) in [6.07, 6.45) is 1.45. The van der Waals surface area contributed by atoms with E-state index in [1.165, 1.54) is 0 Å². The number of rotatable bonds is 4. The lowest BCUT2D eigenvalue weighted by Crippen LogP contribution is -2.12. The summed E-state index contributed by atoms with van der Waals surface area (Å²) in [6.45, 7) is 2.54. The minimum absolute atomic E-state index is 0.268. The molecule has 2 aromatic rings. The molecule has 0 radical (unpaired) electrons. The fraction of sp³-hybridized carbons (Fsp3) is 0.231. The fourth-order valence-electron chi connectivity index (χ4n) is 1.64. The predicted octanol–water partition coefficient (Wildman–Crippen LogP) is 2.79. The molecule has 0 spiro atoms. The molecule has 0 bridgehead atoms. The lowest BCUT2D eigenvalue weighted by molar-refractivity contribution is 0.0852. The van der Waals surface area contributed by atoms with Gasteiger partial charge in [0.15, 0.2) is 5.82 Å². The van der Waals surface area contributed by atoms with E-state index in [9.17, 15) is 0 Å². The monoisotopic (exact) mass is 355 g/mol. The summed E-state index contributed by atoms with van der Waals surface area (Å²) >= 11 is 2.11. The van der Waals surface area contributed by atoms with Gasteiger partial charge in [0, 0.05) is 12.8 Å². The molecule has 5 heteroatoms. The summed E-state index contributed by atoms with van der Waals surface area (Å²) in [4.78, 5) is 8.61. The maximum atomic E-state index is 5.82. The van der Waals surface area contributed by atoms with Crippen molar-refractivity contribution >= 4 is 28.4 Å². The van der Waals surface area contributed by atoms with Crippen LogP contribution in [0.5, 0.6) is 0 Å². The summed E-state index contributed by atoms with van der Waals surface area (Å²) in [5, 5.41) is 0. The highest BCUT2D eigenvalue weighted by atomic mass is 127. The molecule has 0 aliphatic carbocycles. The molecular formula is C13H14IN3O. The highest BCUT2D eigenvalue weighted by molar-refractivity contribution is 14.1. The van der Waals surface area contributed by atoms with Crippen molar-refractivity contribution in [3.05, 3.63) is 51.5 Å². The largest absolute Gasteiger partial charge is 0.383 e. The molecule has 0 saturated carbocycles. The lowest BCUT2D eigenvalue weighted by atomic mass is 10.1. The Hall–Kier alpha value is -1.21. The third-order valence-corrected chi connectivity index (χ3v) is 3.29. The maximum Gasteiger partial charge on any atom is 0.164 e. The third-order valence-electron chi connectivity index (χ3n) is 2.46. The summed E-state index contributed by atoms with van der Waals surface area (Å²) in [7, 11) is 0. The van der Waals surface area contributed by atoms with Crippen molar-refractivity contribution in [3.8, 4) is 0 Å². The van der Waals surface area contributed by atoms with Crippen LogP contribution in [0, 0.1) is 3.57 Å². The summed E-state index contributed by atoms with van der Waals surface area (Å²) in [6, 6.07) is 9.90. The van der Waals surface area contributed by atoms with Crippen molar-refractivity contribution in [1.29, 1.82) is 0 Å². The second-order valence-electron chi connectivity index (χ2n) is 3.71. The standard InChI is InChI=1S/C13H14IN3O/c1-2-18-11(9-6-4-3-5-7-9)13-16-8-10(14)12(15)17-13/h3-8,11H,2H2,1H3,(H2,15,16,17). The molecule has 4 nitrogen and oxygen atoms in total. The molecule has 0 aliphatic heterocycles. The molecule has 0 aliphatic rings. The van der Waals surface area contributed by atoms with Crippen molar-refractivity contribution < 1.29 is 4.74 Å². The molecule has 0 saturated heterocycles. The second kappa shape index (κ2) is 6.10. The van der Waals surface area contributed by atoms with Crippen LogP contribution in [0.3, 0.4) is 0 Å². The van der Waals surface area contributed by atoms with Gasteiger partial charge in [0.05, 0.1) is 3.57 Å². The van der Waals surface area contributed by atoms with E-state index in [-0.39, 0.29) is 6.10 Å². The molecule has 2 rings (SSSR count). The first-order valence-corrected chi connectivity index (χ1v) is 6.74. The van der Waals surface area contributed by atoms with Crippen LogP contribution in [0.1, 0.15) is 24.4 Å². The Morgan fingerprint density at radius 3 is 2.67 bits per heavy atom. The number of aromatic nitrogens is 2. The zero-order valence-electron chi connectivity index (χ0n) is 10.0. The van der Waals surface area contributed by atoms with Crippen molar-refractivity contribution in [2.75, 3.05) is 12.3 Å². The number of anilines is 1.